The van der Waals surface area contributed by atoms with Crippen LogP contribution in [0.1, 0.15) is 32.1 Å². The Kier molecular flexibility index (Phi) is 5.61. The summed E-state index contributed by atoms with van der Waals surface area (Å²) < 4.78 is 19.8. The van der Waals surface area contributed by atoms with Crippen LogP contribution in [0.25, 0.3) is 55.6 Å². The Labute approximate surface area is 218 Å². The molecule has 1 fully saturated rings. The molecular weight excluding hydrogens is 477 g/mol. The number of benzene rings is 2. The van der Waals surface area contributed by atoms with Gasteiger partial charge in [0.2, 0.25) is 0 Å². The molecule has 0 radical (unpaired) electrons. The van der Waals surface area contributed by atoms with Crippen molar-refractivity contribution in [3.63, 3.8) is 0 Å². The maximum Gasteiger partial charge on any atom is 0.138 e. The van der Waals surface area contributed by atoms with Gasteiger partial charge in [0.1, 0.15) is 22.9 Å². The first-order valence-corrected chi connectivity index (χ1v) is 13.1. The van der Waals surface area contributed by atoms with Gasteiger partial charge in [0.15, 0.2) is 0 Å². The fraction of sp³-hybridized carbons (Fsp3) is 0.194. The summed E-state index contributed by atoms with van der Waals surface area (Å²) in [4.78, 5) is 12.4. The highest BCUT2D eigenvalue weighted by Crippen LogP contribution is 2.35. The lowest BCUT2D eigenvalue weighted by Gasteiger charge is -2.23. The van der Waals surface area contributed by atoms with Crippen molar-refractivity contribution in [1.29, 1.82) is 0 Å². The van der Waals surface area contributed by atoms with Crippen molar-refractivity contribution in [3.8, 4) is 39.4 Å². The fourth-order valence-electron chi connectivity index (χ4n) is 5.45. The van der Waals surface area contributed by atoms with Gasteiger partial charge in [-0.05, 0) is 84.8 Å². The van der Waals surface area contributed by atoms with Crippen molar-refractivity contribution in [1.82, 2.24) is 25.1 Å². The number of hydrogen-bond donors (Lipinski definition) is 2. The van der Waals surface area contributed by atoms with Crippen LogP contribution in [0.5, 0.6) is 5.75 Å². The summed E-state index contributed by atoms with van der Waals surface area (Å²) in [6.45, 7) is 0. The molecule has 38 heavy (non-hydrogen) atoms. The molecule has 4 aromatic heterocycles. The van der Waals surface area contributed by atoms with Gasteiger partial charge in [0.25, 0.3) is 0 Å². The smallest absolute Gasteiger partial charge is 0.138 e. The summed E-state index contributed by atoms with van der Waals surface area (Å²) in [5, 5.41) is 9.74. The SMILES string of the molecule is Fc1ccc(-c2ccnc3[nH]c(-c4n[nH]c5ccc(-c6cncc(OC7CCCCC7)c6)cc45)cc23)cc1. The standard InChI is InChI=1S/C31H26FN5O/c32-22-9-6-19(7-10-22)25-12-13-34-31-26(25)16-29(35-31)30-27-15-20(8-11-28(27)36-37-30)21-14-24(18-33-17-21)38-23-4-2-1-3-5-23/h6-18,23H,1-5H2,(H,34,35)(H,36,37). The van der Waals surface area contributed by atoms with Gasteiger partial charge in [0.05, 0.1) is 23.5 Å². The quantitative estimate of drug-likeness (QED) is 0.253. The number of H-pyrrole nitrogens is 2. The van der Waals surface area contributed by atoms with E-state index in [0.29, 0.717) is 0 Å². The van der Waals surface area contributed by atoms with Crippen LogP contribution in [0.4, 0.5) is 4.39 Å². The van der Waals surface area contributed by atoms with E-state index in [2.05, 4.69) is 49.4 Å². The number of fused-ring (bicyclic) bond motifs is 2. The summed E-state index contributed by atoms with van der Waals surface area (Å²) in [7, 11) is 0. The maximum atomic E-state index is 13.5. The molecule has 0 bridgehead atoms. The molecule has 2 N–H and O–H groups in total. The highest BCUT2D eigenvalue weighted by Gasteiger charge is 2.17. The highest BCUT2D eigenvalue weighted by atomic mass is 19.1. The fourth-order valence-corrected chi connectivity index (χ4v) is 5.45. The zero-order chi connectivity index (χ0) is 25.5. The third-order valence-electron chi connectivity index (χ3n) is 7.41. The van der Waals surface area contributed by atoms with Crippen LogP contribution < -0.4 is 4.74 Å². The Morgan fingerprint density at radius 2 is 1.66 bits per heavy atom. The minimum absolute atomic E-state index is 0.256. The van der Waals surface area contributed by atoms with Gasteiger partial charge >= 0.3 is 0 Å². The van der Waals surface area contributed by atoms with E-state index >= 15 is 0 Å². The molecule has 7 heteroatoms. The van der Waals surface area contributed by atoms with Crippen LogP contribution in [0.2, 0.25) is 0 Å². The number of pyridine rings is 2. The van der Waals surface area contributed by atoms with E-state index in [9.17, 15) is 4.39 Å². The highest BCUT2D eigenvalue weighted by molar-refractivity contribution is 6.00. The lowest BCUT2D eigenvalue weighted by Crippen LogP contribution is -2.19. The van der Waals surface area contributed by atoms with Crippen molar-refractivity contribution >= 4 is 21.9 Å². The molecule has 0 unspecified atom stereocenters. The van der Waals surface area contributed by atoms with E-state index in [1.54, 1.807) is 24.5 Å². The first kappa shape index (κ1) is 22.7. The molecule has 1 aliphatic carbocycles. The molecule has 188 valence electrons. The van der Waals surface area contributed by atoms with E-state index < -0.39 is 0 Å². The Morgan fingerprint density at radius 1 is 0.816 bits per heavy atom. The predicted octanol–water partition coefficient (Wildman–Crippen LogP) is 7.69. The van der Waals surface area contributed by atoms with Crippen molar-refractivity contribution < 1.29 is 9.13 Å². The zero-order valence-electron chi connectivity index (χ0n) is 20.7. The molecule has 7 rings (SSSR count). The number of halogens is 1. The Morgan fingerprint density at radius 3 is 2.53 bits per heavy atom. The van der Waals surface area contributed by atoms with E-state index in [1.807, 2.05) is 18.3 Å². The van der Waals surface area contributed by atoms with Crippen LogP contribution in [0.3, 0.4) is 0 Å². The largest absolute Gasteiger partial charge is 0.489 e. The molecule has 1 saturated carbocycles. The number of nitrogens with zero attached hydrogens (tertiary/aromatic N) is 3. The second-order valence-electron chi connectivity index (χ2n) is 9.93. The average Bonchev–Trinajstić information content (AvgIpc) is 3.58. The van der Waals surface area contributed by atoms with Crippen LogP contribution in [-0.2, 0) is 0 Å². The van der Waals surface area contributed by atoms with Crippen LogP contribution >= 0.6 is 0 Å². The van der Waals surface area contributed by atoms with E-state index in [4.69, 9.17) is 4.74 Å². The van der Waals surface area contributed by atoms with Gasteiger partial charge in [-0.3, -0.25) is 10.1 Å². The van der Waals surface area contributed by atoms with Crippen molar-refractivity contribution in [2.45, 2.75) is 38.2 Å². The second kappa shape index (κ2) is 9.41. The lowest BCUT2D eigenvalue weighted by molar-refractivity contribution is 0.154. The number of rotatable bonds is 5. The summed E-state index contributed by atoms with van der Waals surface area (Å²) in [5.41, 5.74) is 7.33. The van der Waals surface area contributed by atoms with E-state index in [1.165, 1.54) is 31.4 Å². The molecule has 0 spiro atoms. The third-order valence-corrected chi connectivity index (χ3v) is 7.41. The number of aromatic nitrogens is 5. The van der Waals surface area contributed by atoms with Crippen LogP contribution in [0.15, 0.2) is 79.3 Å². The molecule has 0 aliphatic heterocycles. The number of aromatic amines is 2. The maximum absolute atomic E-state index is 13.5. The topological polar surface area (TPSA) is 79.5 Å². The summed E-state index contributed by atoms with van der Waals surface area (Å²) >= 11 is 0. The Balaban J connectivity index is 1.25. The first-order valence-electron chi connectivity index (χ1n) is 13.1. The molecular formula is C31H26FN5O. The molecule has 0 atom stereocenters. The third kappa shape index (κ3) is 4.20. The second-order valence-corrected chi connectivity index (χ2v) is 9.93. The number of hydrogen-bond acceptors (Lipinski definition) is 4. The van der Waals surface area contributed by atoms with Gasteiger partial charge < -0.3 is 9.72 Å². The lowest BCUT2D eigenvalue weighted by atomic mass is 9.98. The zero-order valence-corrected chi connectivity index (χ0v) is 20.7. The van der Waals surface area contributed by atoms with Gasteiger partial charge in [-0.25, -0.2) is 9.37 Å². The van der Waals surface area contributed by atoms with Crippen molar-refractivity contribution in [2.24, 2.45) is 0 Å². The number of nitrogens with one attached hydrogen (secondary N) is 2. The molecule has 6 aromatic rings. The van der Waals surface area contributed by atoms with Gasteiger partial charge in [-0.1, -0.05) is 24.6 Å². The van der Waals surface area contributed by atoms with Gasteiger partial charge in [-0.15, -0.1) is 0 Å². The molecule has 1 aliphatic rings. The average molecular weight is 504 g/mol. The first-order chi connectivity index (χ1) is 18.7. The van der Waals surface area contributed by atoms with E-state index in [-0.39, 0.29) is 11.9 Å². The number of ether oxygens (including phenoxy) is 1. The predicted molar refractivity (Wildman–Crippen MR) is 147 cm³/mol. The monoisotopic (exact) mass is 503 g/mol. The van der Waals surface area contributed by atoms with Crippen LogP contribution in [-0.4, -0.2) is 31.3 Å². The molecule has 2 aromatic carbocycles. The summed E-state index contributed by atoms with van der Waals surface area (Å²) in [6, 6.07) is 18.8. The summed E-state index contributed by atoms with van der Waals surface area (Å²) in [5.74, 6) is 0.561. The van der Waals surface area contributed by atoms with Gasteiger partial charge in [-0.2, -0.15) is 5.10 Å². The normalized spacial score (nSPS) is 14.3. The van der Waals surface area contributed by atoms with Crippen LogP contribution in [0, 0.1) is 5.82 Å². The molecule has 0 amide bonds. The molecule has 4 heterocycles. The molecule has 0 saturated heterocycles. The van der Waals surface area contributed by atoms with Crippen molar-refractivity contribution in [3.05, 3.63) is 85.1 Å². The summed E-state index contributed by atoms with van der Waals surface area (Å²) in [6.07, 6.45) is 11.7. The van der Waals surface area contributed by atoms with Gasteiger partial charge in [0, 0.05) is 28.7 Å². The minimum Gasteiger partial charge on any atom is -0.489 e. The van der Waals surface area contributed by atoms with Crippen molar-refractivity contribution in [2.75, 3.05) is 0 Å². The Bertz CT molecular complexity index is 1750. The minimum atomic E-state index is -0.256. The van der Waals surface area contributed by atoms with E-state index in [0.717, 1.165) is 74.2 Å². The molecule has 6 nitrogen and oxygen atoms in total. The Hall–Kier alpha value is -4.52.